The fourth-order valence-corrected chi connectivity index (χ4v) is 3.83. The van der Waals surface area contributed by atoms with E-state index in [0.717, 1.165) is 48.3 Å². The summed E-state index contributed by atoms with van der Waals surface area (Å²) in [4.78, 5) is 20.2. The van der Waals surface area contributed by atoms with Crippen molar-refractivity contribution in [2.75, 3.05) is 25.1 Å². The number of pyridine rings is 1. The number of nitrogens with zero attached hydrogens (tertiary/aromatic N) is 2. The predicted octanol–water partition coefficient (Wildman–Crippen LogP) is 4.85. The van der Waals surface area contributed by atoms with Crippen LogP contribution in [0.15, 0.2) is 54.7 Å². The molecule has 4 heteroatoms. The summed E-state index contributed by atoms with van der Waals surface area (Å²) in [6.07, 6.45) is 6.51. The first kappa shape index (κ1) is 17.5. The molecule has 1 fully saturated rings. The van der Waals surface area contributed by atoms with E-state index >= 15 is 0 Å². The second-order valence-corrected chi connectivity index (χ2v) is 7.00. The topological polar surface area (TPSA) is 42.4 Å². The van der Waals surface area contributed by atoms with Crippen LogP contribution in [0.1, 0.15) is 41.6 Å². The van der Waals surface area contributed by atoms with Crippen LogP contribution in [0.4, 0.5) is 5.69 Å². The Kier molecular flexibility index (Phi) is 5.05. The van der Waals surface area contributed by atoms with Crippen molar-refractivity contribution < 1.29 is 9.53 Å². The number of rotatable bonds is 4. The molecule has 0 N–H and O–H groups in total. The van der Waals surface area contributed by atoms with Crippen LogP contribution in [0.2, 0.25) is 0 Å². The van der Waals surface area contributed by atoms with Crippen LogP contribution in [-0.4, -0.2) is 31.0 Å². The number of hydrogen-bond donors (Lipinski definition) is 0. The Bertz CT molecular complexity index is 945. The van der Waals surface area contributed by atoms with E-state index in [4.69, 9.17) is 4.74 Å². The second-order valence-electron chi connectivity index (χ2n) is 7.00. The molecule has 0 unspecified atom stereocenters. The molecule has 4 rings (SSSR count). The summed E-state index contributed by atoms with van der Waals surface area (Å²) in [5.41, 5.74) is 3.25. The minimum Gasteiger partial charge on any atom is -0.497 e. The molecule has 0 spiro atoms. The lowest BCUT2D eigenvalue weighted by molar-refractivity contribution is 0.103. The van der Waals surface area contributed by atoms with E-state index in [1.165, 1.54) is 12.8 Å². The van der Waals surface area contributed by atoms with Crippen molar-refractivity contribution in [3.8, 4) is 5.75 Å². The number of methoxy groups -OCH3 is 1. The van der Waals surface area contributed by atoms with Gasteiger partial charge >= 0.3 is 0 Å². The number of carbonyl (C=O) groups excluding carboxylic acids is 1. The first-order chi connectivity index (χ1) is 13.3. The van der Waals surface area contributed by atoms with Gasteiger partial charge in [0.1, 0.15) is 5.75 Å². The van der Waals surface area contributed by atoms with Crippen LogP contribution in [-0.2, 0) is 0 Å². The molecule has 0 saturated carbocycles. The molecule has 1 aromatic heterocycles. The molecule has 2 aromatic carbocycles. The lowest BCUT2D eigenvalue weighted by Gasteiger charge is -2.26. The molecule has 1 aliphatic rings. The van der Waals surface area contributed by atoms with Gasteiger partial charge < -0.3 is 9.64 Å². The summed E-state index contributed by atoms with van der Waals surface area (Å²) in [7, 11) is 1.67. The van der Waals surface area contributed by atoms with Gasteiger partial charge in [-0.3, -0.25) is 9.78 Å². The minimum absolute atomic E-state index is 0.0204. The summed E-state index contributed by atoms with van der Waals surface area (Å²) in [5, 5.41) is 0.984. The number of fused-ring (bicyclic) bond motifs is 1. The number of aromatic nitrogens is 1. The van der Waals surface area contributed by atoms with Gasteiger partial charge in [-0.2, -0.15) is 0 Å². The Morgan fingerprint density at radius 2 is 1.74 bits per heavy atom. The van der Waals surface area contributed by atoms with Crippen molar-refractivity contribution in [3.05, 3.63) is 65.9 Å². The molecule has 0 atom stereocenters. The first-order valence-corrected chi connectivity index (χ1v) is 9.59. The molecule has 4 nitrogen and oxygen atoms in total. The van der Waals surface area contributed by atoms with E-state index in [-0.39, 0.29) is 5.78 Å². The molecule has 1 aliphatic heterocycles. The molecule has 0 amide bonds. The van der Waals surface area contributed by atoms with Crippen LogP contribution in [0, 0.1) is 0 Å². The van der Waals surface area contributed by atoms with Gasteiger partial charge in [-0.25, -0.2) is 0 Å². The van der Waals surface area contributed by atoms with E-state index in [2.05, 4.69) is 9.88 Å². The second kappa shape index (κ2) is 7.78. The van der Waals surface area contributed by atoms with Crippen LogP contribution >= 0.6 is 0 Å². The number of benzene rings is 2. The summed E-state index contributed by atoms with van der Waals surface area (Å²) < 4.78 is 5.44. The van der Waals surface area contributed by atoms with Gasteiger partial charge in [0.25, 0.3) is 0 Å². The van der Waals surface area contributed by atoms with Crippen LogP contribution in [0.3, 0.4) is 0 Å². The minimum atomic E-state index is 0.0204. The summed E-state index contributed by atoms with van der Waals surface area (Å²) in [6.45, 7) is 1.93. The molecular weight excluding hydrogens is 336 g/mol. The first-order valence-electron chi connectivity index (χ1n) is 9.59. The van der Waals surface area contributed by atoms with Gasteiger partial charge in [-0.05, 0) is 31.0 Å². The Morgan fingerprint density at radius 1 is 1.00 bits per heavy atom. The number of carbonyl (C=O) groups is 1. The molecule has 0 aliphatic carbocycles. The van der Waals surface area contributed by atoms with Gasteiger partial charge in [0.15, 0.2) is 5.78 Å². The van der Waals surface area contributed by atoms with Crippen LogP contribution in [0.5, 0.6) is 5.75 Å². The largest absolute Gasteiger partial charge is 0.497 e. The number of ether oxygens (including phenoxy) is 1. The third kappa shape index (κ3) is 3.52. The van der Waals surface area contributed by atoms with Crippen molar-refractivity contribution in [1.82, 2.24) is 4.98 Å². The maximum absolute atomic E-state index is 13.3. The third-order valence-corrected chi connectivity index (χ3v) is 5.25. The SMILES string of the molecule is COc1ccc2ncc(C(=O)c3ccccc3)c(N3CCCCCC3)c2c1. The predicted molar refractivity (Wildman–Crippen MR) is 109 cm³/mol. The lowest BCUT2D eigenvalue weighted by Crippen LogP contribution is -2.26. The summed E-state index contributed by atoms with van der Waals surface area (Å²) >= 11 is 0. The van der Waals surface area contributed by atoms with Gasteiger partial charge in [-0.1, -0.05) is 43.2 Å². The molecular formula is C23H24N2O2. The van der Waals surface area contributed by atoms with Crippen LogP contribution < -0.4 is 9.64 Å². The molecule has 1 saturated heterocycles. The maximum atomic E-state index is 13.3. The van der Waals surface area contributed by atoms with E-state index in [1.54, 1.807) is 13.3 Å². The Labute approximate surface area is 159 Å². The van der Waals surface area contributed by atoms with Gasteiger partial charge in [0.05, 0.1) is 23.9 Å². The molecule has 138 valence electrons. The van der Waals surface area contributed by atoms with Crippen molar-refractivity contribution in [2.45, 2.75) is 25.7 Å². The molecule has 0 bridgehead atoms. The zero-order valence-corrected chi connectivity index (χ0v) is 15.6. The Morgan fingerprint density at radius 3 is 2.44 bits per heavy atom. The van der Waals surface area contributed by atoms with Crippen molar-refractivity contribution >= 4 is 22.4 Å². The van der Waals surface area contributed by atoms with Crippen molar-refractivity contribution in [2.24, 2.45) is 0 Å². The fraction of sp³-hybridized carbons (Fsp3) is 0.304. The van der Waals surface area contributed by atoms with E-state index in [9.17, 15) is 4.79 Å². The zero-order valence-electron chi connectivity index (χ0n) is 15.6. The average Bonchev–Trinajstić information content (AvgIpc) is 3.02. The maximum Gasteiger partial charge on any atom is 0.196 e. The van der Waals surface area contributed by atoms with E-state index < -0.39 is 0 Å². The summed E-state index contributed by atoms with van der Waals surface area (Å²) in [5.74, 6) is 0.803. The lowest BCUT2D eigenvalue weighted by atomic mass is 9.99. The molecule has 0 radical (unpaired) electrons. The zero-order chi connectivity index (χ0) is 18.6. The Balaban J connectivity index is 1.91. The van der Waals surface area contributed by atoms with E-state index in [1.807, 2.05) is 48.5 Å². The highest BCUT2D eigenvalue weighted by Crippen LogP contribution is 2.34. The summed E-state index contributed by atoms with van der Waals surface area (Å²) in [6, 6.07) is 15.3. The standard InChI is InChI=1S/C23H24N2O2/c1-27-18-11-12-21-19(15-18)22(25-13-7-2-3-8-14-25)20(16-24-21)23(26)17-9-5-4-6-10-17/h4-6,9-12,15-16H,2-3,7-8,13-14H2,1H3. The van der Waals surface area contributed by atoms with Crippen molar-refractivity contribution in [1.29, 1.82) is 0 Å². The highest BCUT2D eigenvalue weighted by atomic mass is 16.5. The number of ketones is 1. The number of anilines is 1. The molecule has 2 heterocycles. The van der Waals surface area contributed by atoms with Crippen LogP contribution in [0.25, 0.3) is 10.9 Å². The Hall–Kier alpha value is -2.88. The van der Waals surface area contributed by atoms with Gasteiger partial charge in [0.2, 0.25) is 0 Å². The van der Waals surface area contributed by atoms with Gasteiger partial charge in [-0.15, -0.1) is 0 Å². The third-order valence-electron chi connectivity index (χ3n) is 5.25. The van der Waals surface area contributed by atoms with Crippen molar-refractivity contribution in [3.63, 3.8) is 0 Å². The highest BCUT2D eigenvalue weighted by molar-refractivity contribution is 6.16. The highest BCUT2D eigenvalue weighted by Gasteiger charge is 2.22. The average molecular weight is 360 g/mol. The smallest absolute Gasteiger partial charge is 0.196 e. The fourth-order valence-electron chi connectivity index (χ4n) is 3.83. The van der Waals surface area contributed by atoms with Gasteiger partial charge in [0, 0.05) is 30.2 Å². The van der Waals surface area contributed by atoms with E-state index in [0.29, 0.717) is 11.1 Å². The number of hydrogen-bond acceptors (Lipinski definition) is 4. The quantitative estimate of drug-likeness (QED) is 0.624. The normalized spacial score (nSPS) is 14.8. The molecule has 3 aromatic rings. The monoisotopic (exact) mass is 360 g/mol. The molecule has 27 heavy (non-hydrogen) atoms.